The largest absolute Gasteiger partial charge is 0.306 e. The number of rotatable bonds is 4. The molecule has 0 unspecified atom stereocenters. The fraction of sp³-hybridized carbons (Fsp3) is 0.143. The molecule has 7 nitrogen and oxygen atoms in total. The normalized spacial score (nSPS) is 12.7. The number of thiophene rings is 1. The van der Waals surface area contributed by atoms with Gasteiger partial charge in [0.1, 0.15) is 17.3 Å². The highest BCUT2D eigenvalue weighted by Crippen LogP contribution is 2.28. The first-order valence-corrected chi connectivity index (χ1v) is 10.3. The number of halogens is 1. The van der Waals surface area contributed by atoms with Gasteiger partial charge in [0.25, 0.3) is 11.5 Å². The Balaban J connectivity index is 1.59. The highest BCUT2D eigenvalue weighted by molar-refractivity contribution is 7.13. The van der Waals surface area contributed by atoms with E-state index in [1.54, 1.807) is 6.07 Å². The molecular weight excluding hydrogens is 405 g/mol. The maximum atomic E-state index is 13.5. The molecule has 0 atom stereocenters. The predicted molar refractivity (Wildman–Crippen MR) is 112 cm³/mol. The van der Waals surface area contributed by atoms with Crippen LogP contribution in [-0.2, 0) is 12.8 Å². The summed E-state index contributed by atoms with van der Waals surface area (Å²) in [6.45, 7) is 0. The van der Waals surface area contributed by atoms with Gasteiger partial charge >= 0.3 is 0 Å². The maximum Gasteiger partial charge on any atom is 0.256 e. The summed E-state index contributed by atoms with van der Waals surface area (Å²) >= 11 is 1.50. The smallest absolute Gasteiger partial charge is 0.256 e. The Labute approximate surface area is 174 Å². The van der Waals surface area contributed by atoms with E-state index in [2.05, 4.69) is 20.4 Å². The second-order valence-corrected chi connectivity index (χ2v) is 7.88. The van der Waals surface area contributed by atoms with Crippen LogP contribution in [0.1, 0.15) is 28.0 Å². The van der Waals surface area contributed by atoms with E-state index in [4.69, 9.17) is 0 Å². The number of aryl methyl sites for hydroxylation is 1. The number of amides is 1. The van der Waals surface area contributed by atoms with Gasteiger partial charge < -0.3 is 5.32 Å². The fourth-order valence-electron chi connectivity index (χ4n) is 3.52. The van der Waals surface area contributed by atoms with Crippen LogP contribution in [0.3, 0.4) is 0 Å². The Morgan fingerprint density at radius 2 is 2.10 bits per heavy atom. The summed E-state index contributed by atoms with van der Waals surface area (Å²) in [5, 5.41) is 9.24. The number of anilines is 1. The SMILES string of the molecule is O=C(Nc1cc(-c2cccs2)nn1-c1nc2c(c(=O)[nH]1)CCC2)c1cccc(F)c1. The van der Waals surface area contributed by atoms with Crippen molar-refractivity contribution in [2.75, 3.05) is 5.32 Å². The Hall–Kier alpha value is -3.59. The van der Waals surface area contributed by atoms with Crippen LogP contribution < -0.4 is 10.9 Å². The van der Waals surface area contributed by atoms with Gasteiger partial charge in [-0.05, 0) is 48.9 Å². The number of nitrogens with zero attached hydrogens (tertiary/aromatic N) is 3. The number of aromatic nitrogens is 4. The highest BCUT2D eigenvalue weighted by atomic mass is 32.1. The third-order valence-electron chi connectivity index (χ3n) is 4.94. The van der Waals surface area contributed by atoms with E-state index in [-0.39, 0.29) is 17.1 Å². The molecule has 3 aromatic heterocycles. The molecule has 0 aliphatic heterocycles. The monoisotopic (exact) mass is 421 g/mol. The van der Waals surface area contributed by atoms with Crippen LogP contribution in [0.5, 0.6) is 0 Å². The topological polar surface area (TPSA) is 92.7 Å². The number of fused-ring (bicyclic) bond motifs is 1. The van der Waals surface area contributed by atoms with Gasteiger partial charge in [0, 0.05) is 17.2 Å². The van der Waals surface area contributed by atoms with Crippen molar-refractivity contribution in [1.82, 2.24) is 19.7 Å². The highest BCUT2D eigenvalue weighted by Gasteiger charge is 2.21. The standard InChI is InChI=1S/C21H16FN5O2S/c22-13-5-1-4-12(10-13)19(28)24-18-11-16(17-8-3-9-30-17)26-27(18)21-23-15-7-2-6-14(15)20(29)25-21/h1,3-5,8-11H,2,6-7H2,(H,24,28)(H,23,25,29). The fourth-order valence-corrected chi connectivity index (χ4v) is 4.20. The second kappa shape index (κ2) is 7.34. The molecule has 1 aromatic carbocycles. The Morgan fingerprint density at radius 1 is 1.20 bits per heavy atom. The molecule has 0 fully saturated rings. The van der Waals surface area contributed by atoms with Gasteiger partial charge in [-0.1, -0.05) is 12.1 Å². The first kappa shape index (κ1) is 18.4. The molecular formula is C21H16FN5O2S. The number of benzene rings is 1. The lowest BCUT2D eigenvalue weighted by Crippen LogP contribution is -2.21. The number of nitrogens with one attached hydrogen (secondary N) is 2. The van der Waals surface area contributed by atoms with Crippen molar-refractivity contribution in [3.8, 4) is 16.5 Å². The van der Waals surface area contributed by atoms with Crippen molar-refractivity contribution in [2.24, 2.45) is 0 Å². The van der Waals surface area contributed by atoms with E-state index in [1.807, 2.05) is 17.5 Å². The van der Waals surface area contributed by atoms with Crippen LogP contribution in [0.4, 0.5) is 10.2 Å². The molecule has 1 aliphatic rings. The lowest BCUT2D eigenvalue weighted by atomic mass is 10.2. The molecule has 2 N–H and O–H groups in total. The second-order valence-electron chi connectivity index (χ2n) is 6.94. The lowest BCUT2D eigenvalue weighted by Gasteiger charge is -2.09. The molecule has 0 radical (unpaired) electrons. The molecule has 0 saturated carbocycles. The van der Waals surface area contributed by atoms with Gasteiger partial charge in [-0.3, -0.25) is 14.6 Å². The van der Waals surface area contributed by atoms with Crippen LogP contribution in [-0.4, -0.2) is 25.7 Å². The van der Waals surface area contributed by atoms with Crippen molar-refractivity contribution in [3.63, 3.8) is 0 Å². The van der Waals surface area contributed by atoms with E-state index >= 15 is 0 Å². The van der Waals surface area contributed by atoms with Crippen LogP contribution in [0.25, 0.3) is 16.5 Å². The molecule has 150 valence electrons. The van der Waals surface area contributed by atoms with Crippen LogP contribution in [0, 0.1) is 5.82 Å². The van der Waals surface area contributed by atoms with Crippen molar-refractivity contribution < 1.29 is 9.18 Å². The van der Waals surface area contributed by atoms with Crippen molar-refractivity contribution in [2.45, 2.75) is 19.3 Å². The first-order valence-electron chi connectivity index (χ1n) is 9.42. The van der Waals surface area contributed by atoms with Gasteiger partial charge in [0.2, 0.25) is 5.95 Å². The zero-order chi connectivity index (χ0) is 20.7. The summed E-state index contributed by atoms with van der Waals surface area (Å²) in [7, 11) is 0. The minimum Gasteiger partial charge on any atom is -0.306 e. The molecule has 5 rings (SSSR count). The number of carbonyl (C=O) groups excluding carboxylic acids is 1. The number of carbonyl (C=O) groups is 1. The molecule has 1 aliphatic carbocycles. The summed E-state index contributed by atoms with van der Waals surface area (Å²) in [4.78, 5) is 33.4. The van der Waals surface area contributed by atoms with Crippen LogP contribution in [0.2, 0.25) is 0 Å². The third kappa shape index (κ3) is 3.33. The quantitative estimate of drug-likeness (QED) is 0.527. The molecule has 0 bridgehead atoms. The Kier molecular flexibility index (Phi) is 4.51. The van der Waals surface area contributed by atoms with Gasteiger partial charge in [0.15, 0.2) is 0 Å². The van der Waals surface area contributed by atoms with Crippen LogP contribution >= 0.6 is 11.3 Å². The Bertz CT molecular complexity index is 1310. The molecule has 0 spiro atoms. The molecule has 30 heavy (non-hydrogen) atoms. The van der Waals surface area contributed by atoms with Crippen LogP contribution in [0.15, 0.2) is 52.6 Å². The number of hydrogen-bond acceptors (Lipinski definition) is 5. The number of aromatic amines is 1. The van der Waals surface area contributed by atoms with E-state index in [0.29, 0.717) is 23.5 Å². The molecule has 3 heterocycles. The van der Waals surface area contributed by atoms with Gasteiger partial charge in [0.05, 0.1) is 10.6 Å². The zero-order valence-electron chi connectivity index (χ0n) is 15.7. The van der Waals surface area contributed by atoms with Gasteiger partial charge in [-0.25, -0.2) is 9.37 Å². The summed E-state index contributed by atoms with van der Waals surface area (Å²) in [6, 6.07) is 10.9. The van der Waals surface area contributed by atoms with E-state index in [9.17, 15) is 14.0 Å². The van der Waals surface area contributed by atoms with Crippen molar-refractivity contribution >= 4 is 23.1 Å². The predicted octanol–water partition coefficient (Wildman–Crippen LogP) is 3.56. The summed E-state index contributed by atoms with van der Waals surface area (Å²) in [5.74, 6) is -0.427. The minimum absolute atomic E-state index is 0.177. The molecule has 4 aromatic rings. The first-order chi connectivity index (χ1) is 14.6. The van der Waals surface area contributed by atoms with Gasteiger partial charge in [-0.2, -0.15) is 9.78 Å². The zero-order valence-corrected chi connectivity index (χ0v) is 16.5. The number of H-pyrrole nitrogens is 1. The average molecular weight is 421 g/mol. The maximum absolute atomic E-state index is 13.5. The molecule has 9 heteroatoms. The summed E-state index contributed by atoms with van der Waals surface area (Å²) < 4.78 is 14.9. The lowest BCUT2D eigenvalue weighted by molar-refractivity contribution is 0.102. The van der Waals surface area contributed by atoms with E-state index < -0.39 is 11.7 Å². The van der Waals surface area contributed by atoms with E-state index in [0.717, 1.165) is 29.5 Å². The summed E-state index contributed by atoms with van der Waals surface area (Å²) in [5.41, 5.74) is 2.07. The van der Waals surface area contributed by atoms with Crippen molar-refractivity contribution in [3.05, 3.63) is 80.8 Å². The average Bonchev–Trinajstić information content (AvgIpc) is 3.48. The number of hydrogen-bond donors (Lipinski definition) is 2. The Morgan fingerprint density at radius 3 is 2.90 bits per heavy atom. The minimum atomic E-state index is -0.500. The van der Waals surface area contributed by atoms with E-state index in [1.165, 1.54) is 34.2 Å². The van der Waals surface area contributed by atoms with Gasteiger partial charge in [-0.15, -0.1) is 11.3 Å². The summed E-state index contributed by atoms with van der Waals surface area (Å²) in [6.07, 6.45) is 2.33. The molecule has 0 saturated heterocycles. The third-order valence-corrected chi connectivity index (χ3v) is 5.83. The van der Waals surface area contributed by atoms with Crippen molar-refractivity contribution in [1.29, 1.82) is 0 Å². The molecule has 1 amide bonds.